The first-order chi connectivity index (χ1) is 9.76. The molecule has 0 aliphatic carbocycles. The molecule has 0 unspecified atom stereocenters. The Labute approximate surface area is 122 Å². The number of guanidine groups is 1. The molecule has 0 saturated carbocycles. The van der Waals surface area contributed by atoms with Crippen molar-refractivity contribution < 1.29 is 4.74 Å². The lowest BCUT2D eigenvalue weighted by atomic mass is 10.1. The molecule has 4 nitrogen and oxygen atoms in total. The van der Waals surface area contributed by atoms with Crippen molar-refractivity contribution in [1.82, 2.24) is 10.6 Å². The molecular weight excluding hydrogens is 250 g/mol. The minimum atomic E-state index is 0.781. The third-order valence-corrected chi connectivity index (χ3v) is 2.97. The van der Waals surface area contributed by atoms with E-state index in [2.05, 4.69) is 46.8 Å². The standard InChI is InChI=1S/C16H27N3O/c1-4-20-12-6-10-18-16(17-3)19-11-9-15-8-5-7-14(2)13-15/h5,7-8,13H,4,6,9-12H2,1-3H3,(H2,17,18,19). The molecule has 112 valence electrons. The van der Waals surface area contributed by atoms with Crippen LogP contribution in [0, 0.1) is 6.92 Å². The first-order valence-electron chi connectivity index (χ1n) is 7.34. The number of nitrogens with one attached hydrogen (secondary N) is 2. The normalized spacial score (nSPS) is 11.4. The predicted molar refractivity (Wildman–Crippen MR) is 85.4 cm³/mol. The number of rotatable bonds is 8. The summed E-state index contributed by atoms with van der Waals surface area (Å²) in [7, 11) is 1.80. The number of hydrogen-bond donors (Lipinski definition) is 2. The molecule has 20 heavy (non-hydrogen) atoms. The zero-order chi connectivity index (χ0) is 14.6. The van der Waals surface area contributed by atoms with Gasteiger partial charge in [-0.05, 0) is 32.3 Å². The lowest BCUT2D eigenvalue weighted by Crippen LogP contribution is -2.39. The number of hydrogen-bond acceptors (Lipinski definition) is 2. The summed E-state index contributed by atoms with van der Waals surface area (Å²) in [5.41, 5.74) is 2.66. The minimum absolute atomic E-state index is 0.781. The van der Waals surface area contributed by atoms with Crippen molar-refractivity contribution in [3.8, 4) is 0 Å². The summed E-state index contributed by atoms with van der Waals surface area (Å²) in [5, 5.41) is 6.61. The van der Waals surface area contributed by atoms with Crippen molar-refractivity contribution in [1.29, 1.82) is 0 Å². The van der Waals surface area contributed by atoms with E-state index in [4.69, 9.17) is 4.74 Å². The molecule has 1 aromatic rings. The molecule has 0 spiro atoms. The smallest absolute Gasteiger partial charge is 0.190 e. The van der Waals surface area contributed by atoms with Crippen molar-refractivity contribution in [3.63, 3.8) is 0 Å². The number of aryl methyl sites for hydroxylation is 1. The highest BCUT2D eigenvalue weighted by Crippen LogP contribution is 2.03. The fourth-order valence-corrected chi connectivity index (χ4v) is 1.94. The number of aliphatic imine (C=N–C) groups is 1. The van der Waals surface area contributed by atoms with Crippen LogP contribution in [0.1, 0.15) is 24.5 Å². The van der Waals surface area contributed by atoms with E-state index < -0.39 is 0 Å². The Hall–Kier alpha value is -1.55. The molecule has 0 fully saturated rings. The van der Waals surface area contributed by atoms with Gasteiger partial charge in [-0.3, -0.25) is 4.99 Å². The summed E-state index contributed by atoms with van der Waals surface area (Å²) in [4.78, 5) is 4.21. The van der Waals surface area contributed by atoms with Gasteiger partial charge in [-0.25, -0.2) is 0 Å². The molecule has 4 heteroatoms. The van der Waals surface area contributed by atoms with Crippen LogP contribution in [-0.2, 0) is 11.2 Å². The average molecular weight is 277 g/mol. The molecule has 0 aliphatic heterocycles. The Morgan fingerprint density at radius 2 is 2.05 bits per heavy atom. The maximum atomic E-state index is 5.30. The minimum Gasteiger partial charge on any atom is -0.382 e. The third-order valence-electron chi connectivity index (χ3n) is 2.97. The molecule has 2 N–H and O–H groups in total. The van der Waals surface area contributed by atoms with Crippen molar-refractivity contribution in [2.24, 2.45) is 4.99 Å². The van der Waals surface area contributed by atoms with E-state index in [9.17, 15) is 0 Å². The van der Waals surface area contributed by atoms with E-state index in [1.54, 1.807) is 7.05 Å². The van der Waals surface area contributed by atoms with E-state index in [-0.39, 0.29) is 0 Å². The Bertz CT molecular complexity index is 404. The van der Waals surface area contributed by atoms with Crippen molar-refractivity contribution in [2.45, 2.75) is 26.7 Å². The maximum absolute atomic E-state index is 5.30. The summed E-state index contributed by atoms with van der Waals surface area (Å²) in [6.45, 7) is 7.47. The van der Waals surface area contributed by atoms with Crippen LogP contribution in [0.15, 0.2) is 29.3 Å². The number of nitrogens with zero attached hydrogens (tertiary/aromatic N) is 1. The summed E-state index contributed by atoms with van der Waals surface area (Å²) < 4.78 is 5.30. The Balaban J connectivity index is 2.18. The quantitative estimate of drug-likeness (QED) is 0.435. The molecule has 0 bridgehead atoms. The first kappa shape index (κ1) is 16.5. The second-order valence-corrected chi connectivity index (χ2v) is 4.72. The van der Waals surface area contributed by atoms with E-state index in [0.717, 1.165) is 45.1 Å². The SMILES string of the molecule is CCOCCCNC(=NC)NCCc1cccc(C)c1. The number of ether oxygens (including phenoxy) is 1. The lowest BCUT2D eigenvalue weighted by Gasteiger charge is -2.12. The first-order valence-corrected chi connectivity index (χ1v) is 7.34. The molecule has 0 heterocycles. The molecule has 0 amide bonds. The molecule has 1 aromatic carbocycles. The average Bonchev–Trinajstić information content (AvgIpc) is 2.45. The van der Waals surface area contributed by atoms with Crippen LogP contribution >= 0.6 is 0 Å². The summed E-state index contributed by atoms with van der Waals surface area (Å²) in [6, 6.07) is 8.61. The summed E-state index contributed by atoms with van der Waals surface area (Å²) >= 11 is 0. The van der Waals surface area contributed by atoms with Crippen LogP contribution in [-0.4, -0.2) is 39.3 Å². The van der Waals surface area contributed by atoms with Gasteiger partial charge < -0.3 is 15.4 Å². The van der Waals surface area contributed by atoms with Gasteiger partial charge in [-0.2, -0.15) is 0 Å². The van der Waals surface area contributed by atoms with E-state index >= 15 is 0 Å². The van der Waals surface area contributed by atoms with Gasteiger partial charge in [0, 0.05) is 33.4 Å². The highest BCUT2D eigenvalue weighted by atomic mass is 16.5. The van der Waals surface area contributed by atoms with Crippen LogP contribution in [0.25, 0.3) is 0 Å². The molecule has 0 radical (unpaired) electrons. The molecular formula is C16H27N3O. The third kappa shape index (κ3) is 7.14. The van der Waals surface area contributed by atoms with Gasteiger partial charge in [-0.1, -0.05) is 29.8 Å². The van der Waals surface area contributed by atoms with Gasteiger partial charge in [0.15, 0.2) is 5.96 Å². The van der Waals surface area contributed by atoms with E-state index in [1.165, 1.54) is 11.1 Å². The van der Waals surface area contributed by atoms with Gasteiger partial charge in [-0.15, -0.1) is 0 Å². The topological polar surface area (TPSA) is 45.6 Å². The highest BCUT2D eigenvalue weighted by molar-refractivity contribution is 5.79. The highest BCUT2D eigenvalue weighted by Gasteiger charge is 1.98. The molecule has 0 aromatic heterocycles. The number of benzene rings is 1. The van der Waals surface area contributed by atoms with E-state index in [1.807, 2.05) is 6.92 Å². The summed E-state index contributed by atoms with van der Waals surface area (Å²) in [5.74, 6) is 0.856. The monoisotopic (exact) mass is 277 g/mol. The van der Waals surface area contributed by atoms with Crippen molar-refractivity contribution >= 4 is 5.96 Å². The maximum Gasteiger partial charge on any atom is 0.190 e. The van der Waals surface area contributed by atoms with Crippen LogP contribution < -0.4 is 10.6 Å². The van der Waals surface area contributed by atoms with Gasteiger partial charge in [0.25, 0.3) is 0 Å². The van der Waals surface area contributed by atoms with Crippen LogP contribution in [0.2, 0.25) is 0 Å². The van der Waals surface area contributed by atoms with Gasteiger partial charge in [0.05, 0.1) is 0 Å². The zero-order valence-corrected chi connectivity index (χ0v) is 12.9. The molecule has 0 saturated heterocycles. The Kier molecular flexibility index (Phi) is 8.47. The molecule has 0 aliphatic rings. The largest absolute Gasteiger partial charge is 0.382 e. The van der Waals surface area contributed by atoms with Gasteiger partial charge in [0.2, 0.25) is 0 Å². The Morgan fingerprint density at radius 1 is 1.25 bits per heavy atom. The molecule has 0 atom stereocenters. The predicted octanol–water partition coefficient (Wildman–Crippen LogP) is 2.13. The van der Waals surface area contributed by atoms with Crippen LogP contribution in [0.3, 0.4) is 0 Å². The van der Waals surface area contributed by atoms with Crippen LogP contribution in [0.5, 0.6) is 0 Å². The fraction of sp³-hybridized carbons (Fsp3) is 0.562. The zero-order valence-electron chi connectivity index (χ0n) is 12.9. The lowest BCUT2D eigenvalue weighted by molar-refractivity contribution is 0.145. The fourth-order valence-electron chi connectivity index (χ4n) is 1.94. The van der Waals surface area contributed by atoms with Crippen molar-refractivity contribution in [2.75, 3.05) is 33.4 Å². The molecule has 1 rings (SSSR count). The van der Waals surface area contributed by atoms with Gasteiger partial charge >= 0.3 is 0 Å². The van der Waals surface area contributed by atoms with E-state index in [0.29, 0.717) is 0 Å². The van der Waals surface area contributed by atoms with Crippen LogP contribution in [0.4, 0.5) is 0 Å². The second-order valence-electron chi connectivity index (χ2n) is 4.72. The Morgan fingerprint density at radius 3 is 2.75 bits per heavy atom. The van der Waals surface area contributed by atoms with Gasteiger partial charge in [0.1, 0.15) is 0 Å². The van der Waals surface area contributed by atoms with Crippen molar-refractivity contribution in [3.05, 3.63) is 35.4 Å². The summed E-state index contributed by atoms with van der Waals surface area (Å²) in [6.07, 6.45) is 1.99. The second kappa shape index (κ2) is 10.3.